The molecule has 1 aliphatic carbocycles. The predicted octanol–water partition coefficient (Wildman–Crippen LogP) is 1.83. The second kappa shape index (κ2) is 6.56. The molecule has 0 aromatic heterocycles. The molecule has 0 atom stereocenters. The van der Waals surface area contributed by atoms with Crippen molar-refractivity contribution in [3.05, 3.63) is 0 Å². The van der Waals surface area contributed by atoms with Crippen LogP contribution in [0.2, 0.25) is 0 Å². The molecule has 0 radical (unpaired) electrons. The lowest BCUT2D eigenvalue weighted by Gasteiger charge is -2.38. The molecule has 0 bridgehead atoms. The molecule has 1 N–H and O–H groups in total. The molecule has 6 heteroatoms. The van der Waals surface area contributed by atoms with E-state index >= 15 is 0 Å². The Morgan fingerprint density at radius 2 is 1.81 bits per heavy atom. The molecule has 2 fully saturated rings. The van der Waals surface area contributed by atoms with E-state index in [1.165, 1.54) is 12.8 Å². The fourth-order valence-electron chi connectivity index (χ4n) is 3.17. The maximum Gasteiger partial charge on any atom is 0.330 e. The molecule has 0 aromatic rings. The van der Waals surface area contributed by atoms with Gasteiger partial charge in [0.15, 0.2) is 0 Å². The maximum atomic E-state index is 12.5. The zero-order valence-corrected chi connectivity index (χ0v) is 12.8. The molecular formula is C15H24N2O4. The second-order valence-electron chi connectivity index (χ2n) is 5.78. The zero-order chi connectivity index (χ0) is 15.5. The third-order valence-electron chi connectivity index (χ3n) is 4.73. The number of hydrogen-bond donors (Lipinski definition) is 1. The highest BCUT2D eigenvalue weighted by molar-refractivity contribution is 6.19. The van der Waals surface area contributed by atoms with Crippen molar-refractivity contribution in [3.63, 3.8) is 0 Å². The molecule has 1 saturated heterocycles. The van der Waals surface area contributed by atoms with Gasteiger partial charge in [0.1, 0.15) is 5.41 Å². The monoisotopic (exact) mass is 296 g/mol. The largest absolute Gasteiger partial charge is 0.376 e. The van der Waals surface area contributed by atoms with Gasteiger partial charge >= 0.3 is 6.03 Å². The van der Waals surface area contributed by atoms with Gasteiger partial charge in [0.2, 0.25) is 11.8 Å². The molecule has 0 unspecified atom stereocenters. The Balaban J connectivity index is 1.98. The summed E-state index contributed by atoms with van der Waals surface area (Å²) >= 11 is 0. The lowest BCUT2D eigenvalue weighted by molar-refractivity contribution is -0.152. The predicted molar refractivity (Wildman–Crippen MR) is 76.5 cm³/mol. The van der Waals surface area contributed by atoms with E-state index in [1.54, 1.807) is 13.8 Å². The molecule has 21 heavy (non-hydrogen) atoms. The lowest BCUT2D eigenvalue weighted by Crippen LogP contribution is -2.64. The van der Waals surface area contributed by atoms with Crippen molar-refractivity contribution in [2.75, 3.05) is 13.2 Å². The third kappa shape index (κ3) is 2.95. The van der Waals surface area contributed by atoms with Crippen LogP contribution < -0.4 is 5.32 Å². The quantitative estimate of drug-likeness (QED) is 0.759. The van der Waals surface area contributed by atoms with Crippen LogP contribution in [-0.2, 0) is 14.3 Å². The number of hydrogen-bond acceptors (Lipinski definition) is 4. The summed E-state index contributed by atoms with van der Waals surface area (Å²) in [7, 11) is 0. The number of rotatable bonds is 6. The number of ether oxygens (including phenoxy) is 1. The van der Waals surface area contributed by atoms with E-state index in [1.807, 2.05) is 0 Å². The summed E-state index contributed by atoms with van der Waals surface area (Å²) in [4.78, 5) is 37.6. The number of imide groups is 2. The van der Waals surface area contributed by atoms with Crippen molar-refractivity contribution in [2.24, 2.45) is 5.41 Å². The van der Waals surface area contributed by atoms with E-state index in [-0.39, 0.29) is 12.6 Å². The zero-order valence-electron chi connectivity index (χ0n) is 12.8. The van der Waals surface area contributed by atoms with Crippen LogP contribution in [0.1, 0.15) is 52.4 Å². The van der Waals surface area contributed by atoms with E-state index in [2.05, 4.69) is 5.32 Å². The maximum absolute atomic E-state index is 12.5. The number of nitrogens with one attached hydrogen (secondary N) is 1. The van der Waals surface area contributed by atoms with Crippen LogP contribution in [0.15, 0.2) is 0 Å². The van der Waals surface area contributed by atoms with Gasteiger partial charge in [-0.1, -0.05) is 26.7 Å². The Morgan fingerprint density at radius 3 is 2.38 bits per heavy atom. The van der Waals surface area contributed by atoms with Gasteiger partial charge in [-0.2, -0.15) is 0 Å². The summed E-state index contributed by atoms with van der Waals surface area (Å²) < 4.78 is 5.71. The number of nitrogens with zero attached hydrogens (tertiary/aromatic N) is 1. The Hall–Kier alpha value is -1.43. The van der Waals surface area contributed by atoms with E-state index in [4.69, 9.17) is 4.74 Å². The van der Waals surface area contributed by atoms with E-state index in [9.17, 15) is 14.4 Å². The Morgan fingerprint density at radius 1 is 1.19 bits per heavy atom. The minimum absolute atomic E-state index is 0.205. The van der Waals surface area contributed by atoms with Gasteiger partial charge in [0.05, 0.1) is 19.3 Å². The number of urea groups is 1. The smallest absolute Gasteiger partial charge is 0.330 e. The molecule has 2 aliphatic rings. The summed E-state index contributed by atoms with van der Waals surface area (Å²) in [5, 5.41) is 2.30. The highest BCUT2D eigenvalue weighted by Crippen LogP contribution is 2.32. The molecule has 2 rings (SSSR count). The molecular weight excluding hydrogens is 272 g/mol. The summed E-state index contributed by atoms with van der Waals surface area (Å²) in [6.07, 6.45) is 5.48. The first-order valence-corrected chi connectivity index (χ1v) is 7.84. The first kappa shape index (κ1) is 15.9. The lowest BCUT2D eigenvalue weighted by atomic mass is 9.78. The van der Waals surface area contributed by atoms with Gasteiger partial charge in [0.25, 0.3) is 0 Å². The first-order valence-electron chi connectivity index (χ1n) is 7.84. The first-order chi connectivity index (χ1) is 10.0. The Kier molecular flexibility index (Phi) is 4.98. The summed E-state index contributed by atoms with van der Waals surface area (Å²) in [5.74, 6) is -0.869. The fraction of sp³-hybridized carbons (Fsp3) is 0.800. The minimum Gasteiger partial charge on any atom is -0.376 e. The average Bonchev–Trinajstić information content (AvgIpc) is 2.97. The topological polar surface area (TPSA) is 75.7 Å². The molecule has 1 aliphatic heterocycles. The van der Waals surface area contributed by atoms with E-state index < -0.39 is 23.3 Å². The van der Waals surface area contributed by atoms with Crippen LogP contribution in [0.25, 0.3) is 0 Å². The van der Waals surface area contributed by atoms with Crippen LogP contribution >= 0.6 is 0 Å². The molecule has 1 heterocycles. The van der Waals surface area contributed by atoms with Gasteiger partial charge in [0, 0.05) is 0 Å². The summed E-state index contributed by atoms with van der Waals surface area (Å²) in [5.41, 5.74) is -1.11. The average molecular weight is 296 g/mol. The minimum atomic E-state index is -1.11. The van der Waals surface area contributed by atoms with Gasteiger partial charge in [-0.15, -0.1) is 0 Å². The van der Waals surface area contributed by atoms with Crippen molar-refractivity contribution in [1.29, 1.82) is 0 Å². The van der Waals surface area contributed by atoms with E-state index in [0.717, 1.165) is 17.7 Å². The molecule has 0 aromatic carbocycles. The summed E-state index contributed by atoms with van der Waals surface area (Å²) in [6.45, 7) is 4.13. The standard InChI is InChI=1S/C15H24N2O4/c1-3-15(4-2)12(18)16-14(20)17(13(15)19)9-10-21-11-7-5-6-8-11/h11H,3-10H2,1-2H3,(H,16,18,20). The number of amides is 4. The normalized spacial score (nSPS) is 22.8. The number of barbiturate groups is 1. The number of carbonyl (C=O) groups is 3. The van der Waals surface area contributed by atoms with Crippen molar-refractivity contribution in [2.45, 2.75) is 58.5 Å². The van der Waals surface area contributed by atoms with Gasteiger partial charge in [-0.05, 0) is 25.7 Å². The molecule has 118 valence electrons. The molecule has 6 nitrogen and oxygen atoms in total. The van der Waals surface area contributed by atoms with Crippen LogP contribution in [0.3, 0.4) is 0 Å². The highest BCUT2D eigenvalue weighted by atomic mass is 16.5. The van der Waals surface area contributed by atoms with Crippen molar-refractivity contribution in [1.82, 2.24) is 10.2 Å². The second-order valence-corrected chi connectivity index (χ2v) is 5.78. The molecule has 0 spiro atoms. The van der Waals surface area contributed by atoms with Gasteiger partial charge in [-0.25, -0.2) is 4.79 Å². The van der Waals surface area contributed by atoms with Gasteiger partial charge in [-0.3, -0.25) is 19.8 Å². The summed E-state index contributed by atoms with van der Waals surface area (Å²) in [6, 6.07) is -0.627. The SMILES string of the molecule is CCC1(CC)C(=O)NC(=O)N(CCOC2CCCC2)C1=O. The third-order valence-corrected chi connectivity index (χ3v) is 4.73. The van der Waals surface area contributed by atoms with Crippen LogP contribution in [0, 0.1) is 5.41 Å². The Labute approximate surface area is 125 Å². The van der Waals surface area contributed by atoms with Crippen molar-refractivity contribution in [3.8, 4) is 0 Å². The van der Waals surface area contributed by atoms with E-state index in [0.29, 0.717) is 19.4 Å². The number of carbonyl (C=O) groups excluding carboxylic acids is 3. The fourth-order valence-corrected chi connectivity index (χ4v) is 3.17. The van der Waals surface area contributed by atoms with Crippen LogP contribution in [-0.4, -0.2) is 42.0 Å². The molecule has 1 saturated carbocycles. The van der Waals surface area contributed by atoms with Crippen molar-refractivity contribution < 1.29 is 19.1 Å². The molecule has 4 amide bonds. The highest BCUT2D eigenvalue weighted by Gasteiger charge is 2.51. The van der Waals surface area contributed by atoms with Gasteiger partial charge < -0.3 is 4.74 Å². The van der Waals surface area contributed by atoms with Crippen LogP contribution in [0.5, 0.6) is 0 Å². The van der Waals surface area contributed by atoms with Crippen LogP contribution in [0.4, 0.5) is 4.79 Å². The van der Waals surface area contributed by atoms with Crippen molar-refractivity contribution >= 4 is 17.8 Å². The Bertz CT molecular complexity index is 425.